The Kier molecular flexibility index (Phi) is 8.57. The number of allylic oxidation sites excluding steroid dienone is 1. The molecule has 0 aliphatic rings. The van der Waals surface area contributed by atoms with E-state index in [1.807, 2.05) is 0 Å². The number of hydrogen-bond donors (Lipinski definition) is 3. The van der Waals surface area contributed by atoms with Crippen LogP contribution in [0.1, 0.15) is 23.0 Å². The second kappa shape index (κ2) is 11.1. The Morgan fingerprint density at radius 2 is 1.97 bits per heavy atom. The topological polar surface area (TPSA) is 105 Å². The predicted molar refractivity (Wildman–Crippen MR) is 118 cm³/mol. The number of aromatic nitrogens is 1. The van der Waals surface area contributed by atoms with Crippen molar-refractivity contribution in [3.63, 3.8) is 0 Å². The van der Waals surface area contributed by atoms with Gasteiger partial charge in [-0.1, -0.05) is 18.2 Å². The van der Waals surface area contributed by atoms with Gasteiger partial charge in [0.15, 0.2) is 0 Å². The molecule has 12 heteroatoms. The number of alkyl halides is 3. The fourth-order valence-electron chi connectivity index (χ4n) is 2.38. The first-order valence-electron chi connectivity index (χ1n) is 9.23. The van der Waals surface area contributed by atoms with E-state index in [9.17, 15) is 22.8 Å². The number of ether oxygens (including phenoxy) is 1. The molecule has 8 nitrogen and oxygen atoms in total. The summed E-state index contributed by atoms with van der Waals surface area (Å²) in [5.41, 5.74) is -1.06. The van der Waals surface area contributed by atoms with E-state index in [2.05, 4.69) is 32.5 Å². The average molecular weight is 482 g/mol. The van der Waals surface area contributed by atoms with Gasteiger partial charge in [-0.25, -0.2) is 9.79 Å². The van der Waals surface area contributed by atoms with Crippen LogP contribution in [0.5, 0.6) is 5.75 Å². The number of anilines is 1. The number of pyridine rings is 1. The number of halogens is 4. The highest BCUT2D eigenvalue weighted by Gasteiger charge is 2.33. The van der Waals surface area contributed by atoms with Crippen LogP contribution in [0.25, 0.3) is 0 Å². The highest BCUT2D eigenvalue weighted by atomic mass is 35.5. The van der Waals surface area contributed by atoms with E-state index in [0.717, 1.165) is 6.07 Å². The van der Waals surface area contributed by atoms with Crippen molar-refractivity contribution >= 4 is 35.4 Å². The zero-order valence-electron chi connectivity index (χ0n) is 17.5. The van der Waals surface area contributed by atoms with Gasteiger partial charge in [-0.15, -0.1) is 0 Å². The second-order valence-electron chi connectivity index (χ2n) is 6.22. The highest BCUT2D eigenvalue weighted by molar-refractivity contribution is 6.31. The normalized spacial score (nSPS) is 11.8. The molecule has 33 heavy (non-hydrogen) atoms. The van der Waals surface area contributed by atoms with Crippen LogP contribution < -0.4 is 20.7 Å². The summed E-state index contributed by atoms with van der Waals surface area (Å²) in [5, 5.41) is 6.56. The Hall–Kier alpha value is -3.86. The SMILES string of the molecule is C=C(/C=C(\N=C/C)Oc1ccnc(C(=O)NC)c1)NC(=O)Nc1ccc(Cl)c(C(F)(F)F)c1. The van der Waals surface area contributed by atoms with Crippen LogP contribution in [0, 0.1) is 0 Å². The van der Waals surface area contributed by atoms with E-state index in [0.29, 0.717) is 6.07 Å². The van der Waals surface area contributed by atoms with Crippen LogP contribution in [0.4, 0.5) is 23.7 Å². The predicted octanol–water partition coefficient (Wildman–Crippen LogP) is 4.76. The molecule has 3 amide bonds. The van der Waals surface area contributed by atoms with E-state index in [-0.39, 0.29) is 28.7 Å². The first kappa shape index (κ1) is 25.4. The third-order valence-electron chi connectivity index (χ3n) is 3.77. The maximum Gasteiger partial charge on any atom is 0.417 e. The molecule has 0 saturated heterocycles. The maximum absolute atomic E-state index is 13.0. The third kappa shape index (κ3) is 7.65. The Morgan fingerprint density at radius 3 is 2.61 bits per heavy atom. The van der Waals surface area contributed by atoms with Gasteiger partial charge >= 0.3 is 12.2 Å². The number of hydrogen-bond acceptors (Lipinski definition) is 5. The summed E-state index contributed by atoms with van der Waals surface area (Å²) in [6, 6.07) is 4.99. The number of aliphatic imine (C=N–C) groups is 1. The van der Waals surface area contributed by atoms with Crippen LogP contribution in [-0.4, -0.2) is 30.2 Å². The molecular weight excluding hydrogens is 463 g/mol. The number of nitrogens with zero attached hydrogens (tertiary/aromatic N) is 2. The van der Waals surface area contributed by atoms with Crippen LogP contribution in [0.15, 0.2) is 65.8 Å². The lowest BCUT2D eigenvalue weighted by atomic mass is 10.2. The summed E-state index contributed by atoms with van der Waals surface area (Å²) in [7, 11) is 1.46. The van der Waals surface area contributed by atoms with E-state index >= 15 is 0 Å². The molecule has 2 rings (SSSR count). The molecule has 0 unspecified atom stereocenters. The zero-order valence-corrected chi connectivity index (χ0v) is 18.2. The van der Waals surface area contributed by atoms with E-state index in [1.165, 1.54) is 43.7 Å². The number of amides is 3. The van der Waals surface area contributed by atoms with E-state index in [1.54, 1.807) is 6.92 Å². The molecule has 0 radical (unpaired) electrons. The standard InChI is InChI=1S/C21H19ClF3N5O3/c1-4-27-18(33-14-7-8-28-17(11-14)19(31)26-3)9-12(2)29-20(32)30-13-5-6-16(22)15(10-13)21(23,24)25/h4-11H,2H2,1,3H3,(H,26,31)(H2,29,30,32)/b18-9+,27-4-. The van der Waals surface area contributed by atoms with Crippen molar-refractivity contribution in [3.8, 4) is 5.75 Å². The van der Waals surface area contributed by atoms with Gasteiger partial charge in [0.05, 0.1) is 10.6 Å². The first-order chi connectivity index (χ1) is 15.5. The minimum Gasteiger partial charge on any atom is -0.439 e. The number of carbonyl (C=O) groups is 2. The molecule has 3 N–H and O–H groups in total. The van der Waals surface area contributed by atoms with E-state index < -0.39 is 28.7 Å². The Labute approximate surface area is 192 Å². The van der Waals surface area contributed by atoms with Crippen LogP contribution in [0.3, 0.4) is 0 Å². The summed E-state index contributed by atoms with van der Waals surface area (Å²) in [5.74, 6) is -0.148. The molecule has 0 fully saturated rings. The number of rotatable bonds is 7. The highest BCUT2D eigenvalue weighted by Crippen LogP contribution is 2.36. The largest absolute Gasteiger partial charge is 0.439 e. The van der Waals surface area contributed by atoms with Crippen molar-refractivity contribution in [1.29, 1.82) is 0 Å². The fourth-order valence-corrected chi connectivity index (χ4v) is 2.61. The minimum absolute atomic E-state index is 0.0164. The fraction of sp³-hybridized carbons (Fsp3) is 0.143. The molecule has 0 atom stereocenters. The van der Waals surface area contributed by atoms with Crippen molar-refractivity contribution in [2.24, 2.45) is 4.99 Å². The smallest absolute Gasteiger partial charge is 0.417 e. The van der Waals surface area contributed by atoms with Gasteiger partial charge in [0.1, 0.15) is 11.4 Å². The number of benzene rings is 1. The molecule has 0 saturated carbocycles. The van der Waals surface area contributed by atoms with Crippen molar-refractivity contribution < 1.29 is 27.5 Å². The minimum atomic E-state index is -4.67. The van der Waals surface area contributed by atoms with Gasteiger partial charge in [-0.3, -0.25) is 9.78 Å². The first-order valence-corrected chi connectivity index (χ1v) is 9.61. The number of nitrogens with one attached hydrogen (secondary N) is 3. The van der Waals surface area contributed by atoms with Crippen molar-refractivity contribution in [2.45, 2.75) is 13.1 Å². The molecule has 0 aliphatic carbocycles. The summed E-state index contributed by atoms with van der Waals surface area (Å²) in [6.07, 6.45) is -0.601. The molecular formula is C21H19ClF3N5O3. The van der Waals surface area contributed by atoms with Gasteiger partial charge in [-0.05, 0) is 31.2 Å². The summed E-state index contributed by atoms with van der Waals surface area (Å²) in [6.45, 7) is 5.28. The quantitative estimate of drug-likeness (QED) is 0.301. The van der Waals surface area contributed by atoms with Crippen molar-refractivity contribution in [3.05, 3.63) is 77.0 Å². The molecule has 0 bridgehead atoms. The van der Waals surface area contributed by atoms with Crippen LogP contribution >= 0.6 is 11.6 Å². The van der Waals surface area contributed by atoms with Gasteiger partial charge in [-0.2, -0.15) is 13.2 Å². The van der Waals surface area contributed by atoms with Gasteiger partial charge in [0, 0.05) is 43.0 Å². The van der Waals surface area contributed by atoms with Gasteiger partial charge in [0.25, 0.3) is 5.91 Å². The summed E-state index contributed by atoms with van der Waals surface area (Å²) in [4.78, 5) is 31.8. The lowest BCUT2D eigenvalue weighted by Gasteiger charge is -2.13. The van der Waals surface area contributed by atoms with Crippen molar-refractivity contribution in [1.82, 2.24) is 15.6 Å². The Balaban J connectivity index is 2.10. The summed E-state index contributed by atoms with van der Waals surface area (Å²) < 4.78 is 44.5. The number of carbonyl (C=O) groups excluding carboxylic acids is 2. The average Bonchev–Trinajstić information content (AvgIpc) is 2.73. The van der Waals surface area contributed by atoms with Crippen molar-refractivity contribution in [2.75, 3.05) is 12.4 Å². The molecule has 0 spiro atoms. The monoisotopic (exact) mass is 481 g/mol. The molecule has 0 aliphatic heterocycles. The van der Waals surface area contributed by atoms with Crippen LogP contribution in [0.2, 0.25) is 5.02 Å². The molecule has 1 aromatic carbocycles. The van der Waals surface area contributed by atoms with Crippen LogP contribution in [-0.2, 0) is 6.18 Å². The van der Waals surface area contributed by atoms with E-state index in [4.69, 9.17) is 16.3 Å². The van der Waals surface area contributed by atoms with Gasteiger partial charge in [0.2, 0.25) is 5.88 Å². The lowest BCUT2D eigenvalue weighted by Crippen LogP contribution is -2.27. The zero-order chi connectivity index (χ0) is 24.6. The molecule has 2 aromatic rings. The van der Waals surface area contributed by atoms with Gasteiger partial charge < -0.3 is 20.7 Å². The Bertz CT molecular complexity index is 1120. The third-order valence-corrected chi connectivity index (χ3v) is 4.10. The molecule has 174 valence electrons. The molecule has 1 aromatic heterocycles. The Morgan fingerprint density at radius 1 is 1.24 bits per heavy atom. The molecule has 1 heterocycles. The summed E-state index contributed by atoms with van der Waals surface area (Å²) >= 11 is 5.57. The second-order valence-corrected chi connectivity index (χ2v) is 6.63. The number of urea groups is 1. The lowest BCUT2D eigenvalue weighted by molar-refractivity contribution is -0.137. The maximum atomic E-state index is 13.0.